The van der Waals surface area contributed by atoms with Gasteiger partial charge in [0.2, 0.25) is 5.79 Å². The number of amides is 1. The summed E-state index contributed by atoms with van der Waals surface area (Å²) in [6.07, 6.45) is 20.0. The summed E-state index contributed by atoms with van der Waals surface area (Å²) < 4.78 is 33.3. The number of oxime groups is 1. The molecule has 0 spiro atoms. The average molecular weight is 981 g/mol. The molecule has 3 aliphatic rings. The highest BCUT2D eigenvalue weighted by Crippen LogP contribution is 2.62. The summed E-state index contributed by atoms with van der Waals surface area (Å²) in [4.78, 5) is 22.9. The molecular formula is C59H84N2O10. The Morgan fingerprint density at radius 3 is 2.21 bits per heavy atom. The molecule has 6 unspecified atom stereocenters. The highest BCUT2D eigenvalue weighted by molar-refractivity contribution is 6.03. The Labute approximate surface area is 424 Å². The molecule has 3 N–H and O–H groups in total. The van der Waals surface area contributed by atoms with Crippen LogP contribution in [0.3, 0.4) is 0 Å². The monoisotopic (exact) mass is 981 g/mol. The molecule has 0 radical (unpaired) electrons. The van der Waals surface area contributed by atoms with Crippen LogP contribution < -0.4 is 9.47 Å². The van der Waals surface area contributed by atoms with Crippen LogP contribution in [0.5, 0.6) is 17.2 Å². The number of benzene rings is 3. The van der Waals surface area contributed by atoms with E-state index in [-0.39, 0.29) is 83.6 Å². The van der Waals surface area contributed by atoms with Crippen molar-refractivity contribution < 1.29 is 48.6 Å². The second-order valence-electron chi connectivity index (χ2n) is 19.7. The zero-order valence-corrected chi connectivity index (χ0v) is 43.1. The van der Waals surface area contributed by atoms with E-state index >= 15 is 0 Å². The lowest BCUT2D eigenvalue weighted by Crippen LogP contribution is -2.70. The van der Waals surface area contributed by atoms with Crippen molar-refractivity contribution in [2.45, 2.75) is 154 Å². The van der Waals surface area contributed by atoms with Gasteiger partial charge in [0.05, 0.1) is 44.7 Å². The number of aliphatic hydroxyl groups excluding tert-OH is 3. The van der Waals surface area contributed by atoms with E-state index in [1.54, 1.807) is 11.0 Å². The van der Waals surface area contributed by atoms with Crippen molar-refractivity contribution in [1.29, 1.82) is 0 Å². The summed E-state index contributed by atoms with van der Waals surface area (Å²) in [5.74, 6) is -0.0733. The molecule has 1 heterocycles. The summed E-state index contributed by atoms with van der Waals surface area (Å²) in [7, 11) is 0. The number of aryl methyl sites for hydroxylation is 2. The van der Waals surface area contributed by atoms with Crippen molar-refractivity contribution in [3.05, 3.63) is 113 Å². The normalized spacial score (nSPS) is 21.7. The van der Waals surface area contributed by atoms with Gasteiger partial charge in [-0.2, -0.15) is 0 Å². The standard InChI is InChI=1S/C59H84N2O10/c1-5-7-8-9-10-11-12-13-14-22-36-67-58(65)61(31-37-66-38-34-64)55-42-53(60-69-43-46-23-16-15-17-24-46)51-40-47(25-18-20-32-62)50(26-19-21-33-63)56-52-41-49(70-48-28-27-44(3)45(4)39-48)29-30-54(52)71-59(55,57(51)56)68-35-6-2/h6,15-17,23-24,27-30,39-41,47,50,55-57,62-64H,2,5,7-14,18-22,25-26,31-38,42-43H2,1,3-4H3. The third-order valence-electron chi connectivity index (χ3n) is 14.7. The molecule has 1 fully saturated rings. The third-order valence-corrected chi connectivity index (χ3v) is 14.7. The SMILES string of the molecule is C=CCOC12Oc3ccc(Oc4ccc(C)c(C)c4)cc3C3C(CCCCO)C(CCCCO)C=C(C(=NOCc4ccccc4)CC1N(CCOCCO)C(=O)OCCCCCCCCCCCC)C32. The van der Waals surface area contributed by atoms with Gasteiger partial charge in [-0.1, -0.05) is 131 Å². The molecule has 2 aliphatic carbocycles. The zero-order chi connectivity index (χ0) is 50.3. The van der Waals surface area contributed by atoms with Gasteiger partial charge in [-0.05, 0) is 110 Å². The molecule has 3 aromatic carbocycles. The van der Waals surface area contributed by atoms with E-state index in [4.69, 9.17) is 33.7 Å². The number of hydrogen-bond donors (Lipinski definition) is 3. The van der Waals surface area contributed by atoms with Crippen LogP contribution in [-0.4, -0.2) is 96.6 Å². The van der Waals surface area contributed by atoms with Crippen LogP contribution in [-0.2, 0) is 25.7 Å². The Morgan fingerprint density at radius 1 is 0.803 bits per heavy atom. The molecule has 1 saturated carbocycles. The molecule has 12 heteroatoms. The predicted octanol–water partition coefficient (Wildman–Crippen LogP) is 12.3. The molecule has 3 aromatic rings. The lowest BCUT2D eigenvalue weighted by atomic mass is 9.55. The molecule has 390 valence electrons. The summed E-state index contributed by atoms with van der Waals surface area (Å²) >= 11 is 0. The van der Waals surface area contributed by atoms with Gasteiger partial charge in [-0.15, -0.1) is 6.58 Å². The van der Waals surface area contributed by atoms with Crippen LogP contribution in [0.15, 0.2) is 96.2 Å². The van der Waals surface area contributed by atoms with E-state index in [1.807, 2.05) is 54.6 Å². The highest BCUT2D eigenvalue weighted by Gasteiger charge is 2.65. The molecule has 71 heavy (non-hydrogen) atoms. The second-order valence-corrected chi connectivity index (χ2v) is 19.7. The van der Waals surface area contributed by atoms with Crippen LogP contribution >= 0.6 is 0 Å². The number of ether oxygens (including phenoxy) is 5. The van der Waals surface area contributed by atoms with E-state index in [0.717, 1.165) is 73.0 Å². The van der Waals surface area contributed by atoms with Crippen molar-refractivity contribution in [2.24, 2.45) is 22.9 Å². The number of nitrogens with zero attached hydrogens (tertiary/aromatic N) is 2. The van der Waals surface area contributed by atoms with Gasteiger partial charge < -0.3 is 43.8 Å². The van der Waals surface area contributed by atoms with Gasteiger partial charge in [0.25, 0.3) is 0 Å². The number of carbonyl (C=O) groups is 1. The Kier molecular flexibility index (Phi) is 23.3. The molecule has 0 saturated heterocycles. The minimum atomic E-state index is -1.47. The topological polar surface area (TPSA) is 149 Å². The first-order chi connectivity index (χ1) is 34.8. The van der Waals surface area contributed by atoms with Crippen LogP contribution in [0.2, 0.25) is 0 Å². The Balaban J connectivity index is 1.45. The lowest BCUT2D eigenvalue weighted by molar-refractivity contribution is -0.256. The summed E-state index contributed by atoms with van der Waals surface area (Å²) in [6, 6.07) is 21.2. The Bertz CT molecular complexity index is 2130. The molecule has 1 amide bonds. The second kappa shape index (κ2) is 29.7. The minimum absolute atomic E-state index is 0.0371. The molecular weight excluding hydrogens is 897 g/mol. The fourth-order valence-corrected chi connectivity index (χ4v) is 10.9. The Morgan fingerprint density at radius 2 is 1.51 bits per heavy atom. The predicted molar refractivity (Wildman–Crippen MR) is 280 cm³/mol. The van der Waals surface area contributed by atoms with Crippen LogP contribution in [0, 0.1) is 31.6 Å². The molecule has 6 atom stereocenters. The number of carbonyl (C=O) groups excluding carboxylic acids is 1. The van der Waals surface area contributed by atoms with Crippen molar-refractivity contribution in [3.8, 4) is 17.2 Å². The molecule has 0 bridgehead atoms. The summed E-state index contributed by atoms with van der Waals surface area (Å²) in [6.45, 7) is 11.6. The average Bonchev–Trinajstić information content (AvgIpc) is 3.38. The first-order valence-corrected chi connectivity index (χ1v) is 26.9. The maximum atomic E-state index is 14.9. The van der Waals surface area contributed by atoms with Crippen molar-refractivity contribution in [3.63, 3.8) is 0 Å². The summed E-state index contributed by atoms with van der Waals surface area (Å²) in [5.41, 5.74) is 5.88. The maximum Gasteiger partial charge on any atom is 0.410 e. The van der Waals surface area contributed by atoms with Gasteiger partial charge in [-0.3, -0.25) is 4.90 Å². The van der Waals surface area contributed by atoms with E-state index < -0.39 is 23.8 Å². The fraction of sp³-hybridized carbons (Fsp3) is 0.593. The first kappa shape index (κ1) is 55.6. The number of fused-ring (bicyclic) bond motifs is 2. The smallest absolute Gasteiger partial charge is 0.410 e. The summed E-state index contributed by atoms with van der Waals surface area (Å²) in [5, 5.41) is 34.8. The van der Waals surface area contributed by atoms with Crippen LogP contribution in [0.25, 0.3) is 0 Å². The van der Waals surface area contributed by atoms with E-state index in [9.17, 15) is 20.1 Å². The first-order valence-electron chi connectivity index (χ1n) is 26.9. The van der Waals surface area contributed by atoms with E-state index in [2.05, 4.69) is 45.6 Å². The van der Waals surface area contributed by atoms with Gasteiger partial charge in [-0.25, -0.2) is 4.79 Å². The fourth-order valence-electron chi connectivity index (χ4n) is 10.9. The number of aliphatic hydroxyl groups is 3. The number of rotatable bonds is 33. The maximum absolute atomic E-state index is 14.9. The minimum Gasteiger partial charge on any atom is -0.459 e. The number of unbranched alkanes of at least 4 members (excludes halogenated alkanes) is 11. The lowest BCUT2D eigenvalue weighted by Gasteiger charge is -2.59. The quantitative estimate of drug-likeness (QED) is 0.0306. The van der Waals surface area contributed by atoms with Crippen molar-refractivity contribution in [1.82, 2.24) is 4.90 Å². The molecule has 1 aliphatic heterocycles. The number of hydrogen-bond acceptors (Lipinski definition) is 11. The number of allylic oxidation sites excluding steroid dienone is 1. The third kappa shape index (κ3) is 15.4. The van der Waals surface area contributed by atoms with Crippen LogP contribution in [0.4, 0.5) is 4.79 Å². The van der Waals surface area contributed by atoms with Gasteiger partial charge in [0.1, 0.15) is 29.9 Å². The Hall–Kier alpha value is -4.72. The van der Waals surface area contributed by atoms with Gasteiger partial charge in [0, 0.05) is 37.7 Å². The van der Waals surface area contributed by atoms with E-state index in [0.29, 0.717) is 30.1 Å². The van der Waals surface area contributed by atoms with Crippen LogP contribution in [0.1, 0.15) is 144 Å². The van der Waals surface area contributed by atoms with Crippen molar-refractivity contribution >= 4 is 11.8 Å². The highest BCUT2D eigenvalue weighted by atomic mass is 16.7. The molecule has 0 aromatic heterocycles. The van der Waals surface area contributed by atoms with Crippen molar-refractivity contribution in [2.75, 3.05) is 52.8 Å². The van der Waals surface area contributed by atoms with Gasteiger partial charge in [0.15, 0.2) is 0 Å². The van der Waals surface area contributed by atoms with Gasteiger partial charge >= 0.3 is 6.09 Å². The zero-order valence-electron chi connectivity index (χ0n) is 43.1. The molecule has 12 nitrogen and oxygen atoms in total. The molecule has 6 rings (SSSR count). The van der Waals surface area contributed by atoms with E-state index in [1.165, 1.54) is 50.5 Å². The largest absolute Gasteiger partial charge is 0.459 e.